The molecule has 0 fully saturated rings. The Bertz CT molecular complexity index is 704. The van der Waals surface area contributed by atoms with Gasteiger partial charge in [0.15, 0.2) is 17.3 Å². The molecule has 4 heteroatoms. The molecule has 0 saturated carbocycles. The average molecular weight is 312 g/mol. The standard InChI is InChI=1S/C19H20O4/c1-4-23-18-10-6-7-14(19(18)22-3)11-12-17(20)15-8-5-9-16(13-15)21-2/h5-13H,4H2,1-3H3. The fourth-order valence-corrected chi connectivity index (χ4v) is 2.19. The monoisotopic (exact) mass is 312 g/mol. The Labute approximate surface area is 136 Å². The van der Waals surface area contributed by atoms with Gasteiger partial charge < -0.3 is 14.2 Å². The predicted molar refractivity (Wildman–Crippen MR) is 90.5 cm³/mol. The first-order chi connectivity index (χ1) is 11.2. The molecule has 120 valence electrons. The maximum absolute atomic E-state index is 12.3. The van der Waals surface area contributed by atoms with Gasteiger partial charge in [-0.05, 0) is 37.3 Å². The van der Waals surface area contributed by atoms with E-state index in [-0.39, 0.29) is 5.78 Å². The minimum Gasteiger partial charge on any atom is -0.497 e. The Morgan fingerprint density at radius 2 is 1.87 bits per heavy atom. The van der Waals surface area contributed by atoms with Gasteiger partial charge in [-0.25, -0.2) is 0 Å². The lowest BCUT2D eigenvalue weighted by Crippen LogP contribution is -1.97. The molecule has 0 saturated heterocycles. The van der Waals surface area contributed by atoms with E-state index in [0.29, 0.717) is 29.4 Å². The molecule has 0 heterocycles. The first kappa shape index (κ1) is 16.6. The summed E-state index contributed by atoms with van der Waals surface area (Å²) in [7, 11) is 3.16. The van der Waals surface area contributed by atoms with Gasteiger partial charge in [0.1, 0.15) is 5.75 Å². The number of carbonyl (C=O) groups is 1. The Hall–Kier alpha value is -2.75. The minimum atomic E-state index is -0.104. The van der Waals surface area contributed by atoms with Crippen LogP contribution in [0.4, 0.5) is 0 Å². The largest absolute Gasteiger partial charge is 0.497 e. The maximum atomic E-state index is 12.3. The van der Waals surface area contributed by atoms with Crippen molar-refractivity contribution >= 4 is 11.9 Å². The van der Waals surface area contributed by atoms with Gasteiger partial charge in [-0.2, -0.15) is 0 Å². The highest BCUT2D eigenvalue weighted by atomic mass is 16.5. The van der Waals surface area contributed by atoms with Crippen LogP contribution in [-0.2, 0) is 0 Å². The molecule has 0 N–H and O–H groups in total. The molecule has 0 bridgehead atoms. The molecular weight excluding hydrogens is 292 g/mol. The van der Waals surface area contributed by atoms with Gasteiger partial charge in [0.05, 0.1) is 20.8 Å². The van der Waals surface area contributed by atoms with Crippen LogP contribution >= 0.6 is 0 Å². The van der Waals surface area contributed by atoms with Gasteiger partial charge in [-0.15, -0.1) is 0 Å². The number of methoxy groups -OCH3 is 2. The van der Waals surface area contributed by atoms with Crippen molar-refractivity contribution in [2.24, 2.45) is 0 Å². The Kier molecular flexibility index (Phi) is 5.80. The fraction of sp³-hybridized carbons (Fsp3) is 0.211. The Morgan fingerprint density at radius 3 is 2.57 bits per heavy atom. The summed E-state index contributed by atoms with van der Waals surface area (Å²) in [6.45, 7) is 2.46. The summed E-state index contributed by atoms with van der Waals surface area (Å²) >= 11 is 0. The minimum absolute atomic E-state index is 0.104. The lowest BCUT2D eigenvalue weighted by atomic mass is 10.1. The lowest BCUT2D eigenvalue weighted by molar-refractivity contribution is 0.104. The zero-order chi connectivity index (χ0) is 16.7. The van der Waals surface area contributed by atoms with Crippen molar-refractivity contribution in [3.8, 4) is 17.2 Å². The quantitative estimate of drug-likeness (QED) is 0.572. The van der Waals surface area contributed by atoms with Crippen molar-refractivity contribution in [1.29, 1.82) is 0 Å². The van der Waals surface area contributed by atoms with Crippen molar-refractivity contribution in [1.82, 2.24) is 0 Å². The second kappa shape index (κ2) is 8.03. The maximum Gasteiger partial charge on any atom is 0.185 e. The van der Waals surface area contributed by atoms with Crippen LogP contribution in [0.1, 0.15) is 22.8 Å². The summed E-state index contributed by atoms with van der Waals surface area (Å²) < 4.78 is 16.1. The number of rotatable bonds is 7. The molecule has 0 aromatic heterocycles. The van der Waals surface area contributed by atoms with Crippen molar-refractivity contribution in [2.45, 2.75) is 6.92 Å². The molecule has 0 aliphatic carbocycles. The van der Waals surface area contributed by atoms with E-state index in [4.69, 9.17) is 14.2 Å². The number of hydrogen-bond donors (Lipinski definition) is 0. The zero-order valence-electron chi connectivity index (χ0n) is 13.5. The van der Waals surface area contributed by atoms with E-state index in [1.807, 2.05) is 25.1 Å². The van der Waals surface area contributed by atoms with Gasteiger partial charge in [0, 0.05) is 11.1 Å². The van der Waals surface area contributed by atoms with Gasteiger partial charge in [-0.3, -0.25) is 4.79 Å². The molecule has 0 aliphatic rings. The molecule has 4 nitrogen and oxygen atoms in total. The summed E-state index contributed by atoms with van der Waals surface area (Å²) in [5.74, 6) is 1.82. The highest BCUT2D eigenvalue weighted by molar-refractivity contribution is 6.07. The van der Waals surface area contributed by atoms with E-state index >= 15 is 0 Å². The summed E-state index contributed by atoms with van der Waals surface area (Å²) in [6.07, 6.45) is 3.24. The SMILES string of the molecule is CCOc1cccc(C=CC(=O)c2cccc(OC)c2)c1OC. The Morgan fingerprint density at radius 1 is 1.09 bits per heavy atom. The van der Waals surface area contributed by atoms with Crippen molar-refractivity contribution < 1.29 is 19.0 Å². The fourth-order valence-electron chi connectivity index (χ4n) is 2.19. The second-order valence-corrected chi connectivity index (χ2v) is 4.74. The van der Waals surface area contributed by atoms with Crippen LogP contribution in [0.2, 0.25) is 0 Å². The number of hydrogen-bond acceptors (Lipinski definition) is 4. The number of carbonyl (C=O) groups excluding carboxylic acids is 1. The van der Waals surface area contributed by atoms with Crippen LogP contribution in [0, 0.1) is 0 Å². The van der Waals surface area contributed by atoms with E-state index in [1.54, 1.807) is 44.6 Å². The van der Waals surface area contributed by atoms with E-state index < -0.39 is 0 Å². The lowest BCUT2D eigenvalue weighted by Gasteiger charge is -2.11. The third kappa shape index (κ3) is 4.13. The summed E-state index contributed by atoms with van der Waals surface area (Å²) in [5, 5.41) is 0. The van der Waals surface area contributed by atoms with E-state index in [9.17, 15) is 4.79 Å². The van der Waals surface area contributed by atoms with Crippen molar-refractivity contribution in [3.63, 3.8) is 0 Å². The van der Waals surface area contributed by atoms with Crippen molar-refractivity contribution in [3.05, 3.63) is 59.7 Å². The topological polar surface area (TPSA) is 44.8 Å². The van der Waals surface area contributed by atoms with Crippen molar-refractivity contribution in [2.75, 3.05) is 20.8 Å². The average Bonchev–Trinajstić information content (AvgIpc) is 2.60. The first-order valence-electron chi connectivity index (χ1n) is 7.35. The number of allylic oxidation sites excluding steroid dienone is 1. The van der Waals surface area contributed by atoms with Crippen LogP contribution in [-0.4, -0.2) is 26.6 Å². The highest BCUT2D eigenvalue weighted by Crippen LogP contribution is 2.32. The number of ketones is 1. The van der Waals surface area contributed by atoms with Crippen LogP contribution < -0.4 is 14.2 Å². The third-order valence-electron chi connectivity index (χ3n) is 3.28. The molecule has 23 heavy (non-hydrogen) atoms. The first-order valence-corrected chi connectivity index (χ1v) is 7.35. The molecule has 0 atom stereocenters. The van der Waals surface area contributed by atoms with Gasteiger partial charge in [0.25, 0.3) is 0 Å². The molecule has 2 aromatic rings. The van der Waals surface area contributed by atoms with Gasteiger partial charge >= 0.3 is 0 Å². The van der Waals surface area contributed by atoms with Crippen LogP contribution in [0.5, 0.6) is 17.2 Å². The molecule has 0 aliphatic heterocycles. The highest BCUT2D eigenvalue weighted by Gasteiger charge is 2.09. The molecular formula is C19H20O4. The number of para-hydroxylation sites is 1. The number of benzene rings is 2. The van der Waals surface area contributed by atoms with Gasteiger partial charge in [-0.1, -0.05) is 24.3 Å². The molecule has 0 amide bonds. The van der Waals surface area contributed by atoms with Crippen LogP contribution in [0.25, 0.3) is 6.08 Å². The summed E-state index contributed by atoms with van der Waals surface area (Å²) in [4.78, 5) is 12.3. The third-order valence-corrected chi connectivity index (χ3v) is 3.28. The van der Waals surface area contributed by atoms with E-state index in [0.717, 1.165) is 5.56 Å². The van der Waals surface area contributed by atoms with E-state index in [2.05, 4.69) is 0 Å². The van der Waals surface area contributed by atoms with Crippen LogP contribution in [0.15, 0.2) is 48.5 Å². The van der Waals surface area contributed by atoms with Gasteiger partial charge in [0.2, 0.25) is 0 Å². The summed E-state index contributed by atoms with van der Waals surface area (Å²) in [5.41, 5.74) is 1.36. The smallest absolute Gasteiger partial charge is 0.185 e. The Balaban J connectivity index is 2.25. The zero-order valence-corrected chi connectivity index (χ0v) is 13.5. The van der Waals surface area contributed by atoms with Crippen LogP contribution in [0.3, 0.4) is 0 Å². The molecule has 0 unspecified atom stereocenters. The molecule has 2 aromatic carbocycles. The normalized spacial score (nSPS) is 10.6. The summed E-state index contributed by atoms with van der Waals surface area (Å²) in [6, 6.07) is 12.6. The molecule has 2 rings (SSSR count). The predicted octanol–water partition coefficient (Wildman–Crippen LogP) is 4.00. The molecule has 0 spiro atoms. The number of ether oxygens (including phenoxy) is 3. The second-order valence-electron chi connectivity index (χ2n) is 4.74. The molecule has 0 radical (unpaired) electrons. The van der Waals surface area contributed by atoms with E-state index in [1.165, 1.54) is 6.08 Å².